The van der Waals surface area contributed by atoms with Gasteiger partial charge in [-0.25, -0.2) is 4.90 Å². The zero-order chi connectivity index (χ0) is 36.0. The second-order valence-corrected chi connectivity index (χ2v) is 12.9. The molecule has 2 saturated heterocycles. The van der Waals surface area contributed by atoms with Crippen molar-refractivity contribution in [1.29, 1.82) is 0 Å². The van der Waals surface area contributed by atoms with Gasteiger partial charge in [0.1, 0.15) is 18.1 Å². The minimum atomic E-state index is -5.17. The van der Waals surface area contributed by atoms with Crippen LogP contribution in [0.1, 0.15) is 67.2 Å². The van der Waals surface area contributed by atoms with Crippen LogP contribution in [0.5, 0.6) is 0 Å². The fourth-order valence-electron chi connectivity index (χ4n) is 7.59. The van der Waals surface area contributed by atoms with Gasteiger partial charge in [0.15, 0.2) is 0 Å². The highest BCUT2D eigenvalue weighted by Crippen LogP contribution is 2.53. The number of nitrogens with zero attached hydrogens (tertiary/aromatic N) is 1. The number of amides is 2. The van der Waals surface area contributed by atoms with Gasteiger partial charge in [-0.05, 0) is 91.0 Å². The molecule has 6 rings (SSSR count). The number of carbonyl (C=O) groups is 2. The monoisotopic (exact) mass is 701 g/mol. The van der Waals surface area contributed by atoms with E-state index in [1.165, 1.54) is 0 Å². The van der Waals surface area contributed by atoms with Gasteiger partial charge >= 0.3 is 19.5 Å². The number of benzene rings is 2. The number of aliphatic hydroxyl groups excluding tert-OH is 1. The molecule has 50 heavy (non-hydrogen) atoms. The Labute approximate surface area is 284 Å². The quantitative estimate of drug-likeness (QED) is 0.102. The van der Waals surface area contributed by atoms with Gasteiger partial charge in [0, 0.05) is 0 Å². The van der Waals surface area contributed by atoms with E-state index in [1.807, 2.05) is 43.3 Å². The van der Waals surface area contributed by atoms with Crippen LogP contribution in [0.4, 0.5) is 32.0 Å². The lowest BCUT2D eigenvalue weighted by Gasteiger charge is -2.43. The van der Waals surface area contributed by atoms with Gasteiger partial charge in [0.25, 0.3) is 0 Å². The fourth-order valence-corrected chi connectivity index (χ4v) is 7.59. The van der Waals surface area contributed by atoms with Gasteiger partial charge in [-0.1, -0.05) is 49.2 Å². The molecule has 0 saturated carbocycles. The van der Waals surface area contributed by atoms with Crippen LogP contribution >= 0.6 is 0 Å². The summed E-state index contributed by atoms with van der Waals surface area (Å²) in [5.74, 6) is -3.71. The number of allylic oxidation sites excluding steroid dienone is 2. The maximum Gasteiger partial charge on any atom is 0.455 e. The molecule has 14 heteroatoms. The number of alkyl halides is 6. The van der Waals surface area contributed by atoms with Crippen LogP contribution in [-0.4, -0.2) is 35.2 Å². The lowest BCUT2D eigenvalue weighted by molar-refractivity contribution is -0.143. The van der Waals surface area contributed by atoms with E-state index in [0.717, 1.165) is 22.3 Å². The Morgan fingerprint density at radius 1 is 0.960 bits per heavy atom. The maximum absolute atomic E-state index is 14.0. The number of carbonyl (C=O) groups excluding carboxylic acids is 2. The summed E-state index contributed by atoms with van der Waals surface area (Å²) in [6.45, 7) is 1.66. The highest BCUT2D eigenvalue weighted by Gasteiger charge is 2.58. The van der Waals surface area contributed by atoms with Crippen LogP contribution in [-0.2, 0) is 33.2 Å². The first-order chi connectivity index (χ1) is 23.7. The van der Waals surface area contributed by atoms with Crippen LogP contribution in [0.25, 0.3) is 11.6 Å². The molecule has 264 valence electrons. The van der Waals surface area contributed by atoms with E-state index >= 15 is 0 Å². The molecule has 2 aromatic carbocycles. The lowest BCUT2D eigenvalue weighted by atomic mass is 9.58. The van der Waals surface area contributed by atoms with E-state index in [4.69, 9.17) is 9.07 Å². The Morgan fingerprint density at radius 3 is 2.24 bits per heavy atom. The second-order valence-electron chi connectivity index (χ2n) is 12.9. The first kappa shape index (κ1) is 35.7. The molecule has 2 fully saturated rings. The minimum Gasteiger partial charge on any atom is -0.459 e. The molecular formula is C36H34BF6NO6. The van der Waals surface area contributed by atoms with E-state index in [1.54, 1.807) is 12.1 Å². The molecule has 2 amide bonds. The van der Waals surface area contributed by atoms with Gasteiger partial charge in [-0.15, -0.1) is 0 Å². The molecule has 7 nitrogen and oxygen atoms in total. The number of hydrogen-bond acceptors (Lipinski definition) is 6. The van der Waals surface area contributed by atoms with Crippen LogP contribution in [0, 0.1) is 17.8 Å². The highest BCUT2D eigenvalue weighted by molar-refractivity contribution is 6.43. The number of imide groups is 1. The zero-order valence-corrected chi connectivity index (χ0v) is 26.9. The van der Waals surface area contributed by atoms with Crippen molar-refractivity contribution >= 4 is 36.3 Å². The van der Waals surface area contributed by atoms with Gasteiger partial charge in [-0.2, -0.15) is 26.3 Å². The van der Waals surface area contributed by atoms with Crippen molar-refractivity contribution in [3.8, 4) is 0 Å². The summed E-state index contributed by atoms with van der Waals surface area (Å²) in [4.78, 5) is 28.3. The Morgan fingerprint density at radius 2 is 1.64 bits per heavy atom. The third-order valence-corrected chi connectivity index (χ3v) is 9.67. The lowest BCUT2D eigenvalue weighted by Crippen LogP contribution is -2.46. The predicted octanol–water partition coefficient (Wildman–Crippen LogP) is 7.93. The van der Waals surface area contributed by atoms with Crippen LogP contribution in [0.15, 0.2) is 76.2 Å². The Hall–Kier alpha value is -4.14. The number of aliphatic hydroxyl groups is 1. The van der Waals surface area contributed by atoms with Crippen molar-refractivity contribution in [2.24, 2.45) is 17.8 Å². The zero-order valence-electron chi connectivity index (χ0n) is 26.9. The Bertz CT molecular complexity index is 1780. The standard InChI is InChI=1S/C36H34BF6NO6/c1-2-6-22-14-28-32(34(47)44(33(28)46)25-16-23(35(38,39)40)15-24(17-25)36(41,42)43)29-18-37(48)50-30(31(22)29)12-9-21(20-7-4-3-5-8-20)13-26-10-11-27(19-45)49-26/h3-5,7-8,10-11,13,15-17,28-30,32,45,48H,2,6,9,12,14,18-19H2,1H3/b21-13-/t28-,29+,30-,32-/m1/s1. The summed E-state index contributed by atoms with van der Waals surface area (Å²) in [6, 6.07) is 13.6. The molecule has 0 radical (unpaired) electrons. The van der Waals surface area contributed by atoms with Crippen molar-refractivity contribution in [3.63, 3.8) is 0 Å². The molecular weight excluding hydrogens is 667 g/mol. The molecule has 3 aliphatic rings. The van der Waals surface area contributed by atoms with Crippen molar-refractivity contribution < 1.29 is 55.1 Å². The van der Waals surface area contributed by atoms with Crippen molar-refractivity contribution in [1.82, 2.24) is 0 Å². The first-order valence-corrected chi connectivity index (χ1v) is 16.4. The molecule has 3 aromatic rings. The van der Waals surface area contributed by atoms with Gasteiger partial charge in [0.2, 0.25) is 11.8 Å². The Balaban J connectivity index is 1.35. The fraction of sp³-hybridized carbons (Fsp3) is 0.389. The van der Waals surface area contributed by atoms with Crippen molar-refractivity contribution in [2.75, 3.05) is 4.90 Å². The molecule has 0 spiro atoms. The second kappa shape index (κ2) is 13.9. The van der Waals surface area contributed by atoms with Gasteiger partial charge < -0.3 is 19.2 Å². The van der Waals surface area contributed by atoms with Crippen molar-refractivity contribution in [3.05, 3.63) is 100 Å². The van der Waals surface area contributed by atoms with Crippen LogP contribution in [0.3, 0.4) is 0 Å². The minimum absolute atomic E-state index is 0.0460. The Kier molecular flexibility index (Phi) is 9.91. The molecule has 2 aliphatic heterocycles. The van der Waals surface area contributed by atoms with Gasteiger partial charge in [0.05, 0.1) is 34.8 Å². The normalized spacial score (nSPS) is 23.1. The maximum atomic E-state index is 14.0. The topological polar surface area (TPSA) is 100 Å². The van der Waals surface area contributed by atoms with Crippen LogP contribution < -0.4 is 4.90 Å². The summed E-state index contributed by atoms with van der Waals surface area (Å²) in [5.41, 5.74) is -0.723. The van der Waals surface area contributed by atoms with E-state index in [9.17, 15) is 46.1 Å². The largest absolute Gasteiger partial charge is 0.459 e. The van der Waals surface area contributed by atoms with E-state index < -0.39 is 72.0 Å². The van der Waals surface area contributed by atoms with Crippen molar-refractivity contribution in [2.45, 2.75) is 70.4 Å². The molecule has 2 N–H and O–H groups in total. The number of halogens is 6. The molecule has 1 aliphatic carbocycles. The third kappa shape index (κ3) is 7.06. The molecule has 0 bridgehead atoms. The molecule has 4 atom stereocenters. The van der Waals surface area contributed by atoms with Crippen LogP contribution in [0.2, 0.25) is 6.32 Å². The summed E-state index contributed by atoms with van der Waals surface area (Å²) >= 11 is 0. The molecule has 1 aromatic heterocycles. The smallest absolute Gasteiger partial charge is 0.455 e. The summed E-state index contributed by atoms with van der Waals surface area (Å²) < 4.78 is 94.0. The predicted molar refractivity (Wildman–Crippen MR) is 172 cm³/mol. The summed E-state index contributed by atoms with van der Waals surface area (Å²) in [5, 5.41) is 20.4. The third-order valence-electron chi connectivity index (χ3n) is 9.67. The van der Waals surface area contributed by atoms with Gasteiger partial charge in [-0.3, -0.25) is 9.59 Å². The molecule has 3 heterocycles. The number of hydrogen-bond donors (Lipinski definition) is 2. The average Bonchev–Trinajstić information content (AvgIpc) is 3.63. The number of fused-ring (bicyclic) bond motifs is 3. The SMILES string of the molecule is CCCC1=C2[C@@H](CC/C(=C/c3ccc(CO)o3)c3ccccc3)OB(O)C[C@@H]2[C@@H]2C(=O)N(c3cc(C(F)(F)F)cc(C(F)(F)F)c3)C(=O)[C@@H]2C1. The number of anilines is 1. The average molecular weight is 701 g/mol. The van der Waals surface area contributed by atoms with E-state index in [-0.39, 0.29) is 25.4 Å². The number of rotatable bonds is 9. The first-order valence-electron chi connectivity index (χ1n) is 16.4. The summed E-state index contributed by atoms with van der Waals surface area (Å²) in [7, 11) is -1.33. The van der Waals surface area contributed by atoms with E-state index in [0.29, 0.717) is 54.2 Å². The number of furan rings is 1. The summed E-state index contributed by atoms with van der Waals surface area (Å²) in [6.07, 6.45) is -7.22. The molecule has 0 unspecified atom stereocenters. The van der Waals surface area contributed by atoms with E-state index in [2.05, 4.69) is 0 Å². The highest BCUT2D eigenvalue weighted by atomic mass is 19.4.